The minimum Gasteiger partial charge on any atom is -0.837 e. The zero-order valence-electron chi connectivity index (χ0n) is 6.18. The van der Waals surface area contributed by atoms with Crippen molar-refractivity contribution in [2.24, 2.45) is 0 Å². The van der Waals surface area contributed by atoms with Gasteiger partial charge >= 0.3 is 31.2 Å². The second kappa shape index (κ2) is 3.48. The van der Waals surface area contributed by atoms with E-state index in [0.717, 1.165) is 0 Å². The van der Waals surface area contributed by atoms with E-state index >= 15 is 0 Å². The first-order valence-electron chi connectivity index (χ1n) is 2.34. The van der Waals surface area contributed by atoms with Crippen LogP contribution in [0.1, 0.15) is 6.92 Å². The summed E-state index contributed by atoms with van der Waals surface area (Å²) in [4.78, 5) is 0. The molecule has 0 unspecified atom stereocenters. The van der Waals surface area contributed by atoms with Gasteiger partial charge in [0.1, 0.15) is 0 Å². The molecule has 1 nitrogen and oxygen atoms in total. The standard InChI is InChI=1S/C4H3F6O.Li/c1-2(11,3(5,6)7)4(8,9)10;/h1H3;/q-1;+1. The van der Waals surface area contributed by atoms with Crippen molar-refractivity contribution in [2.75, 3.05) is 0 Å². The fraction of sp³-hybridized carbons (Fsp3) is 1.00. The van der Waals surface area contributed by atoms with Gasteiger partial charge in [0.25, 0.3) is 0 Å². The summed E-state index contributed by atoms with van der Waals surface area (Å²) in [6.45, 7) is -0.451. The van der Waals surface area contributed by atoms with Crippen molar-refractivity contribution in [3.05, 3.63) is 0 Å². The molecule has 0 rings (SSSR count). The Hall–Kier alpha value is 0.137. The topological polar surface area (TPSA) is 23.1 Å². The van der Waals surface area contributed by atoms with Crippen LogP contribution in [0.2, 0.25) is 0 Å². The molecule has 8 heteroatoms. The van der Waals surface area contributed by atoms with E-state index in [1.165, 1.54) is 0 Å². The van der Waals surface area contributed by atoms with Crippen LogP contribution in [-0.4, -0.2) is 18.0 Å². The van der Waals surface area contributed by atoms with Gasteiger partial charge in [-0.25, -0.2) is 0 Å². The number of hydrogen-bond acceptors (Lipinski definition) is 1. The predicted molar refractivity (Wildman–Crippen MR) is 20.5 cm³/mol. The van der Waals surface area contributed by atoms with Crippen LogP contribution in [0.25, 0.3) is 0 Å². The molecule has 0 aromatic rings. The summed E-state index contributed by atoms with van der Waals surface area (Å²) in [6.07, 6.45) is -11.6. The summed E-state index contributed by atoms with van der Waals surface area (Å²) in [7, 11) is 0. The molecular weight excluding hydrogens is 185 g/mol. The van der Waals surface area contributed by atoms with E-state index in [0.29, 0.717) is 0 Å². The SMILES string of the molecule is CC([O-])(C(F)(F)F)C(F)(F)F.[Li+]. The summed E-state index contributed by atoms with van der Waals surface area (Å²) in [5.41, 5.74) is -4.88. The minimum absolute atomic E-state index is 0. The van der Waals surface area contributed by atoms with Crippen LogP contribution in [0.3, 0.4) is 0 Å². The Morgan fingerprint density at radius 2 is 1.00 bits per heavy atom. The average Bonchev–Trinajstić information content (AvgIpc) is 1.58. The van der Waals surface area contributed by atoms with E-state index in [-0.39, 0.29) is 18.9 Å². The van der Waals surface area contributed by atoms with Crippen molar-refractivity contribution in [3.63, 3.8) is 0 Å². The van der Waals surface area contributed by atoms with Crippen molar-refractivity contribution < 1.29 is 50.3 Å². The van der Waals surface area contributed by atoms with E-state index < -0.39 is 24.9 Å². The van der Waals surface area contributed by atoms with E-state index in [2.05, 4.69) is 0 Å². The van der Waals surface area contributed by atoms with Crippen LogP contribution in [0.4, 0.5) is 26.3 Å². The van der Waals surface area contributed by atoms with E-state index in [1.54, 1.807) is 0 Å². The van der Waals surface area contributed by atoms with Gasteiger partial charge in [0.15, 0.2) is 0 Å². The Labute approximate surface area is 75.9 Å². The largest absolute Gasteiger partial charge is 1.00 e. The Bertz CT molecular complexity index is 131. The first-order valence-corrected chi connectivity index (χ1v) is 2.34. The van der Waals surface area contributed by atoms with Gasteiger partial charge in [-0.15, -0.1) is 0 Å². The van der Waals surface area contributed by atoms with Gasteiger partial charge in [0, 0.05) is 0 Å². The molecule has 0 aliphatic heterocycles. The molecule has 0 atom stereocenters. The van der Waals surface area contributed by atoms with Crippen LogP contribution < -0.4 is 24.0 Å². The Morgan fingerprint density at radius 3 is 1.00 bits per heavy atom. The minimum atomic E-state index is -5.80. The molecule has 0 amide bonds. The molecule has 0 heterocycles. The van der Waals surface area contributed by atoms with Gasteiger partial charge < -0.3 is 5.11 Å². The van der Waals surface area contributed by atoms with Gasteiger partial charge in [-0.1, -0.05) is 6.92 Å². The van der Waals surface area contributed by atoms with Crippen molar-refractivity contribution in [1.82, 2.24) is 0 Å². The average molecular weight is 188 g/mol. The zero-order valence-corrected chi connectivity index (χ0v) is 6.18. The fourth-order valence-electron chi connectivity index (χ4n) is 0.161. The summed E-state index contributed by atoms with van der Waals surface area (Å²) in [6, 6.07) is 0. The molecule has 0 bridgehead atoms. The van der Waals surface area contributed by atoms with Crippen LogP contribution in [0, 0.1) is 0 Å². The van der Waals surface area contributed by atoms with Gasteiger partial charge in [-0.3, -0.25) is 0 Å². The molecule has 0 radical (unpaired) electrons. The maximum absolute atomic E-state index is 11.3. The molecule has 0 fully saturated rings. The third kappa shape index (κ3) is 2.57. The summed E-state index contributed by atoms with van der Waals surface area (Å²) >= 11 is 0. The predicted octanol–water partition coefficient (Wildman–Crippen LogP) is -1.77. The second-order valence-corrected chi connectivity index (χ2v) is 2.03. The van der Waals surface area contributed by atoms with E-state index in [4.69, 9.17) is 0 Å². The molecule has 0 aliphatic carbocycles. The first-order chi connectivity index (χ1) is 4.50. The van der Waals surface area contributed by atoms with Crippen molar-refractivity contribution in [3.8, 4) is 0 Å². The Morgan fingerprint density at radius 1 is 0.833 bits per heavy atom. The normalized spacial score (nSPS) is 14.0. The monoisotopic (exact) mass is 188 g/mol. The molecule has 0 spiro atoms. The zero-order chi connectivity index (χ0) is 9.50. The number of rotatable bonds is 0. The number of halogens is 6. The summed E-state index contributed by atoms with van der Waals surface area (Å²) in [5, 5.41) is 9.90. The molecule has 0 aliphatic rings. The molecule has 0 aromatic carbocycles. The second-order valence-electron chi connectivity index (χ2n) is 2.03. The maximum atomic E-state index is 11.3. The molecule has 0 saturated carbocycles. The van der Waals surface area contributed by atoms with E-state index in [1.807, 2.05) is 0 Å². The molecular formula is C4H3F6LiO. The molecule has 68 valence electrons. The quantitative estimate of drug-likeness (QED) is 0.326. The molecule has 0 saturated heterocycles. The van der Waals surface area contributed by atoms with Crippen molar-refractivity contribution >= 4 is 0 Å². The Kier molecular flexibility index (Phi) is 4.25. The number of alkyl halides is 6. The van der Waals surface area contributed by atoms with Crippen LogP contribution >= 0.6 is 0 Å². The van der Waals surface area contributed by atoms with Crippen LogP contribution in [0.15, 0.2) is 0 Å². The van der Waals surface area contributed by atoms with Crippen molar-refractivity contribution in [2.45, 2.75) is 24.9 Å². The fourth-order valence-corrected chi connectivity index (χ4v) is 0.161. The van der Waals surface area contributed by atoms with Gasteiger partial charge in [-0.2, -0.15) is 26.3 Å². The van der Waals surface area contributed by atoms with Gasteiger partial charge in [-0.05, 0) is 0 Å². The third-order valence-corrected chi connectivity index (χ3v) is 1.08. The third-order valence-electron chi connectivity index (χ3n) is 1.08. The smallest absolute Gasteiger partial charge is 0.837 e. The Balaban J connectivity index is 0. The van der Waals surface area contributed by atoms with E-state index in [9.17, 15) is 31.4 Å². The molecule has 0 aromatic heterocycles. The number of hydrogen-bond donors (Lipinski definition) is 0. The van der Waals surface area contributed by atoms with Gasteiger partial charge in [0.2, 0.25) is 0 Å². The maximum Gasteiger partial charge on any atom is 1.00 e. The van der Waals surface area contributed by atoms with Gasteiger partial charge in [0.05, 0.1) is 5.60 Å². The summed E-state index contributed by atoms with van der Waals surface area (Å²) in [5.74, 6) is 0. The summed E-state index contributed by atoms with van der Waals surface area (Å²) < 4.78 is 67.8. The molecule has 12 heavy (non-hydrogen) atoms. The van der Waals surface area contributed by atoms with Crippen LogP contribution in [0.5, 0.6) is 0 Å². The van der Waals surface area contributed by atoms with Crippen LogP contribution in [-0.2, 0) is 0 Å². The molecule has 0 N–H and O–H groups in total. The van der Waals surface area contributed by atoms with Crippen molar-refractivity contribution in [1.29, 1.82) is 0 Å². The first kappa shape index (κ1) is 14.7.